The van der Waals surface area contributed by atoms with E-state index in [-0.39, 0.29) is 11.8 Å². The zero-order chi connectivity index (χ0) is 21.5. The Bertz CT molecular complexity index is 858. The second-order valence-electron chi connectivity index (χ2n) is 7.86. The first-order valence-electron chi connectivity index (χ1n) is 10.4. The first-order chi connectivity index (χ1) is 14.5. The molecule has 2 aromatic rings. The maximum atomic E-state index is 13.0. The van der Waals surface area contributed by atoms with Crippen LogP contribution < -0.4 is 9.47 Å². The monoisotopic (exact) mass is 430 g/mol. The highest BCUT2D eigenvalue weighted by atomic mass is 35.5. The molecule has 1 unspecified atom stereocenters. The lowest BCUT2D eigenvalue weighted by atomic mass is 9.96. The van der Waals surface area contributed by atoms with Gasteiger partial charge in [-0.1, -0.05) is 35.9 Å². The Kier molecular flexibility index (Phi) is 8.00. The molecule has 30 heavy (non-hydrogen) atoms. The molecule has 3 rings (SSSR count). The first kappa shape index (κ1) is 22.4. The van der Waals surface area contributed by atoms with E-state index >= 15 is 0 Å². The number of rotatable bonds is 8. The maximum absolute atomic E-state index is 13.0. The molecule has 1 heterocycles. The van der Waals surface area contributed by atoms with Crippen LogP contribution in [0.15, 0.2) is 42.5 Å². The van der Waals surface area contributed by atoms with E-state index < -0.39 is 0 Å². The van der Waals surface area contributed by atoms with Crippen LogP contribution in [0.5, 0.6) is 11.5 Å². The predicted octanol–water partition coefficient (Wildman–Crippen LogP) is 4.27. The molecule has 0 N–H and O–H groups in total. The van der Waals surface area contributed by atoms with Crippen LogP contribution in [0.25, 0.3) is 0 Å². The van der Waals surface area contributed by atoms with Gasteiger partial charge in [-0.15, -0.1) is 0 Å². The topological polar surface area (TPSA) is 42.0 Å². The minimum atomic E-state index is 0.0386. The normalized spacial score (nSPS) is 16.9. The Morgan fingerprint density at radius 2 is 1.93 bits per heavy atom. The summed E-state index contributed by atoms with van der Waals surface area (Å²) in [6.45, 7) is 3.25. The van der Waals surface area contributed by atoms with Crippen molar-refractivity contribution in [3.63, 3.8) is 0 Å². The van der Waals surface area contributed by atoms with Gasteiger partial charge in [0.05, 0.1) is 20.1 Å². The fourth-order valence-corrected chi connectivity index (χ4v) is 4.22. The van der Waals surface area contributed by atoms with E-state index in [2.05, 4.69) is 11.0 Å². The van der Waals surface area contributed by atoms with Gasteiger partial charge in [-0.25, -0.2) is 0 Å². The minimum Gasteiger partial charge on any atom is -0.493 e. The number of hydrogen-bond donors (Lipinski definition) is 0. The van der Waals surface area contributed by atoms with E-state index in [0.29, 0.717) is 18.0 Å². The molecule has 2 aromatic carbocycles. The summed E-state index contributed by atoms with van der Waals surface area (Å²) in [6.07, 6.45) is 2.75. The van der Waals surface area contributed by atoms with E-state index in [1.54, 1.807) is 14.2 Å². The summed E-state index contributed by atoms with van der Waals surface area (Å²) in [5, 5.41) is 0.790. The van der Waals surface area contributed by atoms with Gasteiger partial charge in [-0.05, 0) is 55.1 Å². The van der Waals surface area contributed by atoms with Crippen LogP contribution in [0.1, 0.15) is 24.0 Å². The molecule has 5 nitrogen and oxygen atoms in total. The lowest BCUT2D eigenvalue weighted by Crippen LogP contribution is -2.43. The number of hydrogen-bond acceptors (Lipinski definition) is 4. The standard InChI is InChI=1S/C24H31ClN2O3/c1-26(14-12-18-10-11-22(29-2)23(15-18)30-3)24(28)20-8-6-13-27(17-20)16-19-7-4-5-9-21(19)25/h4-5,7,9-11,15,20H,6,8,12-14,16-17H2,1-3H3. The molecule has 6 heteroatoms. The van der Waals surface area contributed by atoms with E-state index in [9.17, 15) is 4.79 Å². The molecule has 1 amide bonds. The molecule has 1 fully saturated rings. The molecule has 162 valence electrons. The highest BCUT2D eigenvalue weighted by molar-refractivity contribution is 6.31. The molecule has 0 aliphatic carbocycles. The zero-order valence-corrected chi connectivity index (χ0v) is 18.8. The summed E-state index contributed by atoms with van der Waals surface area (Å²) in [6, 6.07) is 13.8. The van der Waals surface area contributed by atoms with Crippen LogP contribution in [0.4, 0.5) is 0 Å². The van der Waals surface area contributed by atoms with Gasteiger partial charge < -0.3 is 14.4 Å². The Hall–Kier alpha value is -2.24. The average Bonchev–Trinajstić information content (AvgIpc) is 2.78. The average molecular weight is 431 g/mol. The molecule has 0 saturated carbocycles. The van der Waals surface area contributed by atoms with Crippen LogP contribution in [0.2, 0.25) is 5.02 Å². The van der Waals surface area contributed by atoms with Crippen molar-refractivity contribution in [2.45, 2.75) is 25.8 Å². The number of piperidine rings is 1. The third-order valence-electron chi connectivity index (χ3n) is 5.77. The third kappa shape index (κ3) is 5.67. The number of benzene rings is 2. The smallest absolute Gasteiger partial charge is 0.226 e. The predicted molar refractivity (Wildman–Crippen MR) is 120 cm³/mol. The van der Waals surface area contributed by atoms with Gasteiger partial charge in [-0.3, -0.25) is 9.69 Å². The Balaban J connectivity index is 1.54. The van der Waals surface area contributed by atoms with Gasteiger partial charge in [-0.2, -0.15) is 0 Å². The molecule has 1 saturated heterocycles. The lowest BCUT2D eigenvalue weighted by molar-refractivity contribution is -0.136. The van der Waals surface area contributed by atoms with E-state index in [0.717, 1.165) is 55.0 Å². The Morgan fingerprint density at radius 3 is 2.67 bits per heavy atom. The Morgan fingerprint density at radius 1 is 1.17 bits per heavy atom. The number of nitrogens with zero attached hydrogens (tertiary/aromatic N) is 2. The van der Waals surface area contributed by atoms with Gasteiger partial charge in [0, 0.05) is 31.7 Å². The van der Waals surface area contributed by atoms with Crippen molar-refractivity contribution < 1.29 is 14.3 Å². The summed E-state index contributed by atoms with van der Waals surface area (Å²) in [7, 11) is 5.16. The van der Waals surface area contributed by atoms with Gasteiger partial charge in [0.15, 0.2) is 11.5 Å². The number of carbonyl (C=O) groups excluding carboxylic acids is 1. The second-order valence-corrected chi connectivity index (χ2v) is 8.27. The number of amides is 1. The van der Waals surface area contributed by atoms with Crippen molar-refractivity contribution in [1.29, 1.82) is 0 Å². The van der Waals surface area contributed by atoms with E-state index in [1.807, 2.05) is 48.3 Å². The number of methoxy groups -OCH3 is 2. The highest BCUT2D eigenvalue weighted by Crippen LogP contribution is 2.28. The SMILES string of the molecule is COc1ccc(CCN(C)C(=O)C2CCCN(Cc3ccccc3Cl)C2)cc1OC. The molecule has 0 aromatic heterocycles. The van der Waals surface area contributed by atoms with Crippen molar-refractivity contribution in [1.82, 2.24) is 9.80 Å². The van der Waals surface area contributed by atoms with Crippen molar-refractivity contribution in [2.24, 2.45) is 5.92 Å². The van der Waals surface area contributed by atoms with Crippen LogP contribution in [0.3, 0.4) is 0 Å². The van der Waals surface area contributed by atoms with E-state index in [4.69, 9.17) is 21.1 Å². The first-order valence-corrected chi connectivity index (χ1v) is 10.8. The molecular formula is C24H31ClN2O3. The van der Waals surface area contributed by atoms with Crippen molar-refractivity contribution in [3.05, 3.63) is 58.6 Å². The van der Waals surface area contributed by atoms with Gasteiger partial charge in [0.2, 0.25) is 5.91 Å². The quantitative estimate of drug-likeness (QED) is 0.627. The van der Waals surface area contributed by atoms with Gasteiger partial charge >= 0.3 is 0 Å². The summed E-state index contributed by atoms with van der Waals surface area (Å²) in [4.78, 5) is 17.2. The zero-order valence-electron chi connectivity index (χ0n) is 18.1. The molecule has 1 aliphatic heterocycles. The second kappa shape index (κ2) is 10.7. The molecule has 1 aliphatic rings. The Labute approximate surface area is 184 Å². The van der Waals surface area contributed by atoms with Crippen LogP contribution in [-0.4, -0.2) is 56.6 Å². The van der Waals surface area contributed by atoms with Gasteiger partial charge in [0.1, 0.15) is 0 Å². The number of carbonyl (C=O) groups is 1. The van der Waals surface area contributed by atoms with E-state index in [1.165, 1.54) is 0 Å². The summed E-state index contributed by atoms with van der Waals surface area (Å²) in [5.74, 6) is 1.69. The number of likely N-dealkylation sites (tertiary alicyclic amines) is 1. The molecule has 0 bridgehead atoms. The molecular weight excluding hydrogens is 400 g/mol. The molecule has 1 atom stereocenters. The highest BCUT2D eigenvalue weighted by Gasteiger charge is 2.28. The largest absolute Gasteiger partial charge is 0.493 e. The maximum Gasteiger partial charge on any atom is 0.226 e. The molecule has 0 spiro atoms. The van der Waals surface area contributed by atoms with Crippen LogP contribution >= 0.6 is 11.6 Å². The third-order valence-corrected chi connectivity index (χ3v) is 6.14. The summed E-state index contributed by atoms with van der Waals surface area (Å²) < 4.78 is 10.7. The number of likely N-dealkylation sites (N-methyl/N-ethyl adjacent to an activating group) is 1. The fraction of sp³-hybridized carbons (Fsp3) is 0.458. The van der Waals surface area contributed by atoms with Crippen LogP contribution in [0, 0.1) is 5.92 Å². The molecule has 0 radical (unpaired) electrons. The minimum absolute atomic E-state index is 0.0386. The lowest BCUT2D eigenvalue weighted by Gasteiger charge is -2.34. The summed E-state index contributed by atoms with van der Waals surface area (Å²) in [5.41, 5.74) is 2.24. The number of halogens is 1. The van der Waals surface area contributed by atoms with Crippen molar-refractivity contribution >= 4 is 17.5 Å². The van der Waals surface area contributed by atoms with Gasteiger partial charge in [0.25, 0.3) is 0 Å². The van der Waals surface area contributed by atoms with Crippen molar-refractivity contribution in [3.8, 4) is 11.5 Å². The van der Waals surface area contributed by atoms with Crippen LogP contribution in [-0.2, 0) is 17.8 Å². The fourth-order valence-electron chi connectivity index (χ4n) is 4.02. The summed E-state index contributed by atoms with van der Waals surface area (Å²) >= 11 is 6.31. The number of ether oxygens (including phenoxy) is 2. The van der Waals surface area contributed by atoms with Crippen molar-refractivity contribution in [2.75, 3.05) is 40.9 Å².